The Labute approximate surface area is 118 Å². The van der Waals surface area contributed by atoms with E-state index in [9.17, 15) is 13.6 Å². The molecule has 0 heterocycles. The molecule has 5 heteroatoms. The zero-order valence-electron chi connectivity index (χ0n) is 12.0. The van der Waals surface area contributed by atoms with Gasteiger partial charge in [-0.1, -0.05) is 24.3 Å². The first-order valence-corrected chi connectivity index (χ1v) is 6.89. The molecule has 0 aromatic heterocycles. The zero-order chi connectivity index (χ0) is 15.1. The number of nitrogens with zero attached hydrogens (tertiary/aromatic N) is 1. The van der Waals surface area contributed by atoms with Crippen molar-refractivity contribution >= 4 is 5.91 Å². The molecule has 0 radical (unpaired) electrons. The monoisotopic (exact) mass is 284 g/mol. The van der Waals surface area contributed by atoms with Gasteiger partial charge in [-0.15, -0.1) is 0 Å². The summed E-state index contributed by atoms with van der Waals surface area (Å²) in [6.45, 7) is 5.40. The van der Waals surface area contributed by atoms with E-state index in [0.717, 1.165) is 5.56 Å². The van der Waals surface area contributed by atoms with Crippen molar-refractivity contribution in [3.8, 4) is 0 Å². The summed E-state index contributed by atoms with van der Waals surface area (Å²) in [6.07, 6.45) is -1.98. The number of hydrogen-bond acceptors (Lipinski definition) is 2. The van der Waals surface area contributed by atoms with E-state index in [1.54, 1.807) is 17.0 Å². The van der Waals surface area contributed by atoms with E-state index >= 15 is 0 Å². The molecule has 0 saturated heterocycles. The van der Waals surface area contributed by atoms with Crippen LogP contribution in [0.5, 0.6) is 0 Å². The first-order chi connectivity index (χ1) is 9.53. The summed E-state index contributed by atoms with van der Waals surface area (Å²) in [7, 11) is 0. The van der Waals surface area contributed by atoms with Crippen molar-refractivity contribution < 1.29 is 13.6 Å². The summed E-state index contributed by atoms with van der Waals surface area (Å²) in [5.74, 6) is -0.275. The number of carbonyl (C=O) groups is 1. The Kier molecular flexibility index (Phi) is 6.58. The van der Waals surface area contributed by atoms with Gasteiger partial charge >= 0.3 is 0 Å². The van der Waals surface area contributed by atoms with Gasteiger partial charge in [-0.05, 0) is 25.8 Å². The molecule has 1 atom stereocenters. The first kappa shape index (κ1) is 16.6. The Bertz CT molecular complexity index is 416. The molecule has 0 bridgehead atoms. The third-order valence-electron chi connectivity index (χ3n) is 3.42. The minimum absolute atomic E-state index is 0.00637. The average molecular weight is 284 g/mol. The molecule has 112 valence electrons. The van der Waals surface area contributed by atoms with E-state index in [2.05, 4.69) is 0 Å². The second-order valence-corrected chi connectivity index (χ2v) is 4.69. The van der Waals surface area contributed by atoms with Crippen molar-refractivity contribution in [1.29, 1.82) is 0 Å². The van der Waals surface area contributed by atoms with E-state index in [4.69, 9.17) is 5.73 Å². The van der Waals surface area contributed by atoms with E-state index in [-0.39, 0.29) is 23.9 Å². The molecule has 0 aliphatic rings. The number of benzene rings is 1. The summed E-state index contributed by atoms with van der Waals surface area (Å²) in [5, 5.41) is 0. The van der Waals surface area contributed by atoms with Crippen LogP contribution in [-0.4, -0.2) is 30.4 Å². The smallest absolute Gasteiger partial charge is 0.263 e. The Balaban J connectivity index is 2.75. The molecule has 0 aliphatic carbocycles. The Morgan fingerprint density at radius 1 is 1.20 bits per heavy atom. The second-order valence-electron chi connectivity index (χ2n) is 4.69. The van der Waals surface area contributed by atoms with E-state index < -0.39 is 6.43 Å². The SMILES string of the molecule is CCN(CC)C(=O)C(CN)Cc1ccc(C(F)F)cc1. The van der Waals surface area contributed by atoms with Gasteiger partial charge < -0.3 is 10.6 Å². The third kappa shape index (κ3) is 4.27. The van der Waals surface area contributed by atoms with Gasteiger partial charge in [-0.2, -0.15) is 0 Å². The molecule has 1 aromatic rings. The molecule has 2 N–H and O–H groups in total. The summed E-state index contributed by atoms with van der Waals surface area (Å²) in [4.78, 5) is 14.0. The van der Waals surface area contributed by atoms with E-state index in [1.165, 1.54) is 12.1 Å². The van der Waals surface area contributed by atoms with Crippen LogP contribution >= 0.6 is 0 Å². The van der Waals surface area contributed by atoms with E-state index in [1.807, 2.05) is 13.8 Å². The number of carbonyl (C=O) groups excluding carboxylic acids is 1. The van der Waals surface area contributed by atoms with E-state index in [0.29, 0.717) is 19.5 Å². The van der Waals surface area contributed by atoms with Gasteiger partial charge in [0.05, 0.1) is 5.92 Å². The highest BCUT2D eigenvalue weighted by molar-refractivity contribution is 5.79. The predicted octanol–water partition coefficient (Wildman–Crippen LogP) is 2.61. The van der Waals surface area contributed by atoms with Crippen molar-refractivity contribution in [3.63, 3.8) is 0 Å². The molecule has 1 unspecified atom stereocenters. The maximum absolute atomic E-state index is 12.5. The predicted molar refractivity (Wildman–Crippen MR) is 75.6 cm³/mol. The van der Waals surface area contributed by atoms with Gasteiger partial charge in [0.1, 0.15) is 0 Å². The Morgan fingerprint density at radius 3 is 2.15 bits per heavy atom. The Hall–Kier alpha value is -1.49. The molecule has 1 rings (SSSR count). The number of amides is 1. The molecular weight excluding hydrogens is 262 g/mol. The van der Waals surface area contributed by atoms with Crippen molar-refractivity contribution in [2.75, 3.05) is 19.6 Å². The molecule has 0 spiro atoms. The lowest BCUT2D eigenvalue weighted by atomic mass is 9.97. The minimum atomic E-state index is -2.47. The van der Waals surface area contributed by atoms with Crippen LogP contribution in [0.4, 0.5) is 8.78 Å². The first-order valence-electron chi connectivity index (χ1n) is 6.89. The summed E-state index contributed by atoms with van der Waals surface area (Å²) in [5.41, 5.74) is 6.53. The quantitative estimate of drug-likeness (QED) is 0.836. The highest BCUT2D eigenvalue weighted by Gasteiger charge is 2.21. The lowest BCUT2D eigenvalue weighted by Crippen LogP contribution is -2.39. The second kappa shape index (κ2) is 7.94. The topological polar surface area (TPSA) is 46.3 Å². The number of rotatable bonds is 7. The number of alkyl halides is 2. The largest absolute Gasteiger partial charge is 0.343 e. The molecule has 1 aromatic carbocycles. The highest BCUT2D eigenvalue weighted by atomic mass is 19.3. The van der Waals surface area contributed by atoms with Gasteiger partial charge in [0.2, 0.25) is 5.91 Å². The van der Waals surface area contributed by atoms with Crippen LogP contribution in [0, 0.1) is 5.92 Å². The molecular formula is C15H22F2N2O. The zero-order valence-corrected chi connectivity index (χ0v) is 12.0. The van der Waals surface area contributed by atoms with Crippen LogP contribution in [0.3, 0.4) is 0 Å². The van der Waals surface area contributed by atoms with Crippen LogP contribution in [0.15, 0.2) is 24.3 Å². The lowest BCUT2D eigenvalue weighted by molar-refractivity contribution is -0.134. The minimum Gasteiger partial charge on any atom is -0.343 e. The van der Waals surface area contributed by atoms with Crippen molar-refractivity contribution in [2.45, 2.75) is 26.7 Å². The van der Waals surface area contributed by atoms with Gasteiger partial charge in [0.15, 0.2) is 0 Å². The number of halogens is 2. The molecule has 1 amide bonds. The molecule has 0 aliphatic heterocycles. The molecule has 3 nitrogen and oxygen atoms in total. The standard InChI is InChI=1S/C15H22F2N2O/c1-3-19(4-2)15(20)13(10-18)9-11-5-7-12(8-6-11)14(16)17/h5-8,13-14H,3-4,9-10,18H2,1-2H3. The number of hydrogen-bond donors (Lipinski definition) is 1. The van der Waals surface area contributed by atoms with Crippen molar-refractivity contribution in [2.24, 2.45) is 11.7 Å². The maximum Gasteiger partial charge on any atom is 0.263 e. The molecule has 0 fully saturated rings. The van der Waals surface area contributed by atoms with Gasteiger partial charge in [-0.3, -0.25) is 4.79 Å². The third-order valence-corrected chi connectivity index (χ3v) is 3.42. The molecule has 20 heavy (non-hydrogen) atoms. The van der Waals surface area contributed by atoms with Crippen LogP contribution in [-0.2, 0) is 11.2 Å². The van der Waals surface area contributed by atoms with Crippen LogP contribution in [0.25, 0.3) is 0 Å². The van der Waals surface area contributed by atoms with Crippen molar-refractivity contribution in [3.05, 3.63) is 35.4 Å². The Morgan fingerprint density at radius 2 is 1.75 bits per heavy atom. The van der Waals surface area contributed by atoms with Crippen LogP contribution < -0.4 is 5.73 Å². The van der Waals surface area contributed by atoms with Gasteiger partial charge in [0.25, 0.3) is 6.43 Å². The lowest BCUT2D eigenvalue weighted by Gasteiger charge is -2.24. The normalized spacial score (nSPS) is 12.5. The van der Waals surface area contributed by atoms with Gasteiger partial charge in [0, 0.05) is 25.2 Å². The summed E-state index contributed by atoms with van der Waals surface area (Å²) < 4.78 is 24.9. The average Bonchev–Trinajstić information content (AvgIpc) is 2.46. The molecule has 0 saturated carbocycles. The van der Waals surface area contributed by atoms with Crippen LogP contribution in [0.1, 0.15) is 31.4 Å². The highest BCUT2D eigenvalue weighted by Crippen LogP contribution is 2.20. The van der Waals surface area contributed by atoms with Gasteiger partial charge in [-0.25, -0.2) is 8.78 Å². The fourth-order valence-corrected chi connectivity index (χ4v) is 2.15. The number of nitrogens with two attached hydrogens (primary N) is 1. The maximum atomic E-state index is 12.5. The summed E-state index contributed by atoms with van der Waals surface area (Å²) >= 11 is 0. The fourth-order valence-electron chi connectivity index (χ4n) is 2.15. The van der Waals surface area contributed by atoms with Crippen LogP contribution in [0.2, 0.25) is 0 Å². The fraction of sp³-hybridized carbons (Fsp3) is 0.533. The van der Waals surface area contributed by atoms with Crippen molar-refractivity contribution in [1.82, 2.24) is 4.90 Å². The summed E-state index contributed by atoms with van der Waals surface area (Å²) in [6, 6.07) is 6.07.